The molecule has 0 aliphatic heterocycles. The first-order valence-corrected chi connectivity index (χ1v) is 15.3. The number of methoxy groups -OCH3 is 1. The molecule has 0 bridgehead atoms. The van der Waals surface area contributed by atoms with Crippen LogP contribution in [0.3, 0.4) is 0 Å². The minimum absolute atomic E-state index is 0.254. The topological polar surface area (TPSA) is 89.0 Å². The first kappa shape index (κ1) is 30.0. The fourth-order valence-corrected chi connectivity index (χ4v) is 6.18. The zero-order valence-electron chi connectivity index (χ0n) is 23.8. The molecule has 1 saturated carbocycles. The average molecular weight is 571 g/mol. The minimum atomic E-state index is -4.09. The molecule has 1 fully saturated rings. The Morgan fingerprint density at radius 3 is 2.40 bits per heavy atom. The van der Waals surface area contributed by atoms with Crippen molar-refractivity contribution >= 4 is 10.1 Å². The summed E-state index contributed by atoms with van der Waals surface area (Å²) in [7, 11) is -2.58. The van der Waals surface area contributed by atoms with Crippen molar-refractivity contribution in [2.45, 2.75) is 71.7 Å². The van der Waals surface area contributed by atoms with Crippen LogP contribution in [0.4, 0.5) is 4.39 Å². The number of nitrogens with zero attached hydrogens (tertiary/aromatic N) is 2. The minimum Gasteiger partial charge on any atom is -0.489 e. The number of rotatable bonds is 13. The van der Waals surface area contributed by atoms with E-state index in [1.165, 1.54) is 13.3 Å². The highest BCUT2D eigenvalue weighted by atomic mass is 32.2. The predicted octanol–water partition coefficient (Wildman–Crippen LogP) is 6.48. The van der Waals surface area contributed by atoms with Crippen molar-refractivity contribution in [3.63, 3.8) is 0 Å². The van der Waals surface area contributed by atoms with E-state index in [4.69, 9.17) is 9.47 Å². The van der Waals surface area contributed by atoms with Gasteiger partial charge in [0, 0.05) is 36.2 Å². The van der Waals surface area contributed by atoms with Crippen LogP contribution in [0.1, 0.15) is 63.1 Å². The second-order valence-electron chi connectivity index (χ2n) is 11.1. The number of pyridine rings is 1. The van der Waals surface area contributed by atoms with Gasteiger partial charge < -0.3 is 9.47 Å². The molecule has 7 nitrogen and oxygen atoms in total. The maximum absolute atomic E-state index is 15.0. The molecule has 0 radical (unpaired) electrons. The van der Waals surface area contributed by atoms with Crippen LogP contribution in [-0.4, -0.2) is 47.8 Å². The summed E-state index contributed by atoms with van der Waals surface area (Å²) in [5, 5.41) is 0. The van der Waals surface area contributed by atoms with Crippen LogP contribution in [0, 0.1) is 11.7 Å². The lowest BCUT2D eigenvalue weighted by atomic mass is 9.96. The van der Waals surface area contributed by atoms with Gasteiger partial charge in [0.1, 0.15) is 18.2 Å². The first-order chi connectivity index (χ1) is 18.9. The van der Waals surface area contributed by atoms with E-state index in [0.29, 0.717) is 23.7 Å². The normalized spacial score (nSPS) is 14.7. The summed E-state index contributed by atoms with van der Waals surface area (Å²) in [6.07, 6.45) is 3.09. The molecule has 1 atom stereocenters. The van der Waals surface area contributed by atoms with Gasteiger partial charge in [-0.2, -0.15) is 8.42 Å². The molecular weight excluding hydrogens is 531 g/mol. The van der Waals surface area contributed by atoms with Crippen molar-refractivity contribution < 1.29 is 26.8 Å². The SMILES string of the molecule is COc1cc(-c2ccc(COc3cccc([C@H](CS(=O)(=O)O)C4CC4)c3)cc2CN(C(C)C)C(C)C)c(F)cn1. The molecular formula is C31H39FN2O5S. The van der Waals surface area contributed by atoms with Gasteiger partial charge in [0.15, 0.2) is 0 Å². The molecule has 0 unspecified atom stereocenters. The fourth-order valence-electron chi connectivity index (χ4n) is 5.26. The lowest BCUT2D eigenvalue weighted by Crippen LogP contribution is -2.36. The van der Waals surface area contributed by atoms with E-state index in [-0.39, 0.29) is 36.3 Å². The van der Waals surface area contributed by atoms with Crippen LogP contribution in [0.15, 0.2) is 54.7 Å². The Kier molecular flexibility index (Phi) is 9.48. The molecule has 4 rings (SSSR count). The van der Waals surface area contributed by atoms with Crippen molar-refractivity contribution in [3.8, 4) is 22.8 Å². The Balaban J connectivity index is 1.61. The molecule has 1 aromatic heterocycles. The fraction of sp³-hybridized carbons (Fsp3) is 0.452. The molecule has 0 saturated heterocycles. The molecule has 1 aliphatic carbocycles. The number of hydrogen-bond donors (Lipinski definition) is 1. The molecule has 216 valence electrons. The van der Waals surface area contributed by atoms with E-state index in [0.717, 1.165) is 35.1 Å². The molecule has 1 heterocycles. The zero-order valence-corrected chi connectivity index (χ0v) is 24.6. The Morgan fingerprint density at radius 2 is 1.77 bits per heavy atom. The molecule has 0 spiro atoms. The van der Waals surface area contributed by atoms with E-state index in [1.807, 2.05) is 36.4 Å². The van der Waals surface area contributed by atoms with Crippen molar-refractivity contribution in [2.75, 3.05) is 12.9 Å². The third-order valence-electron chi connectivity index (χ3n) is 7.45. The van der Waals surface area contributed by atoms with E-state index in [2.05, 4.69) is 43.6 Å². The van der Waals surface area contributed by atoms with Gasteiger partial charge in [0.2, 0.25) is 5.88 Å². The van der Waals surface area contributed by atoms with Crippen LogP contribution in [0.2, 0.25) is 0 Å². The highest BCUT2D eigenvalue weighted by molar-refractivity contribution is 7.85. The predicted molar refractivity (Wildman–Crippen MR) is 155 cm³/mol. The van der Waals surface area contributed by atoms with Crippen molar-refractivity contribution in [1.29, 1.82) is 0 Å². The highest BCUT2D eigenvalue weighted by Crippen LogP contribution is 2.44. The maximum atomic E-state index is 15.0. The Labute approximate surface area is 237 Å². The van der Waals surface area contributed by atoms with Gasteiger partial charge in [-0.25, -0.2) is 9.37 Å². The number of ether oxygens (including phenoxy) is 2. The van der Waals surface area contributed by atoms with Crippen LogP contribution >= 0.6 is 0 Å². The molecule has 9 heteroatoms. The van der Waals surface area contributed by atoms with Crippen molar-refractivity contribution in [3.05, 3.63) is 77.2 Å². The van der Waals surface area contributed by atoms with Gasteiger partial charge in [0.05, 0.1) is 19.1 Å². The average Bonchev–Trinajstić information content (AvgIpc) is 3.74. The summed E-state index contributed by atoms with van der Waals surface area (Å²) >= 11 is 0. The second kappa shape index (κ2) is 12.7. The van der Waals surface area contributed by atoms with Gasteiger partial charge in [-0.3, -0.25) is 9.45 Å². The second-order valence-corrected chi connectivity index (χ2v) is 12.6. The lowest BCUT2D eigenvalue weighted by Gasteiger charge is -2.31. The Hall–Kier alpha value is -3.01. The van der Waals surface area contributed by atoms with Gasteiger partial charge in [-0.05, 0) is 80.8 Å². The first-order valence-electron chi connectivity index (χ1n) is 13.7. The number of benzene rings is 2. The van der Waals surface area contributed by atoms with E-state index >= 15 is 0 Å². The van der Waals surface area contributed by atoms with Crippen LogP contribution in [-0.2, 0) is 23.3 Å². The summed E-state index contributed by atoms with van der Waals surface area (Å²) in [5.41, 5.74) is 3.94. The van der Waals surface area contributed by atoms with Crippen LogP contribution in [0.5, 0.6) is 11.6 Å². The third-order valence-corrected chi connectivity index (χ3v) is 8.23. The lowest BCUT2D eigenvalue weighted by molar-refractivity contribution is 0.166. The summed E-state index contributed by atoms with van der Waals surface area (Å²) < 4.78 is 59.0. The molecule has 3 aromatic rings. The summed E-state index contributed by atoms with van der Waals surface area (Å²) in [4.78, 5) is 6.33. The molecule has 0 amide bonds. The summed E-state index contributed by atoms with van der Waals surface area (Å²) in [6, 6.07) is 15.5. The van der Waals surface area contributed by atoms with Gasteiger partial charge in [0.25, 0.3) is 10.1 Å². The van der Waals surface area contributed by atoms with Crippen LogP contribution < -0.4 is 9.47 Å². The maximum Gasteiger partial charge on any atom is 0.265 e. The molecule has 1 aliphatic rings. The Morgan fingerprint density at radius 1 is 1.05 bits per heavy atom. The molecule has 40 heavy (non-hydrogen) atoms. The van der Waals surface area contributed by atoms with Crippen molar-refractivity contribution in [1.82, 2.24) is 9.88 Å². The highest BCUT2D eigenvalue weighted by Gasteiger charge is 2.35. The standard InChI is InChI=1S/C31H39FN2O5S/c1-20(2)34(21(3)4)17-25-13-22(9-12-27(25)28-15-31(38-5)33-16-30(28)32)18-39-26-8-6-7-24(14-26)29(23-10-11-23)19-40(35,36)37/h6-9,12-16,20-21,23,29H,10-11,17-19H2,1-5H3,(H,35,36,37)/t29-/m1/s1. The van der Waals surface area contributed by atoms with Crippen molar-refractivity contribution in [2.24, 2.45) is 5.92 Å². The summed E-state index contributed by atoms with van der Waals surface area (Å²) in [6.45, 7) is 9.49. The van der Waals surface area contributed by atoms with E-state index in [1.54, 1.807) is 6.07 Å². The molecule has 2 aromatic carbocycles. The van der Waals surface area contributed by atoms with Crippen LogP contribution in [0.25, 0.3) is 11.1 Å². The Bertz CT molecular complexity index is 1410. The number of aromatic nitrogens is 1. The zero-order chi connectivity index (χ0) is 29.0. The number of hydrogen-bond acceptors (Lipinski definition) is 6. The van der Waals surface area contributed by atoms with Gasteiger partial charge in [-0.15, -0.1) is 0 Å². The smallest absolute Gasteiger partial charge is 0.265 e. The number of halogens is 1. The summed E-state index contributed by atoms with van der Waals surface area (Å²) in [5.74, 6) is 0.264. The van der Waals surface area contributed by atoms with Gasteiger partial charge >= 0.3 is 0 Å². The van der Waals surface area contributed by atoms with E-state index < -0.39 is 15.9 Å². The molecule has 1 N–H and O–H groups in total. The largest absolute Gasteiger partial charge is 0.489 e. The third kappa shape index (κ3) is 7.80. The van der Waals surface area contributed by atoms with Gasteiger partial charge in [-0.1, -0.05) is 30.3 Å². The van der Waals surface area contributed by atoms with E-state index in [9.17, 15) is 17.4 Å². The quantitative estimate of drug-likeness (QED) is 0.236. The monoisotopic (exact) mass is 570 g/mol.